The quantitative estimate of drug-likeness (QED) is 0.388. The van der Waals surface area contributed by atoms with Gasteiger partial charge in [0.1, 0.15) is 5.69 Å². The summed E-state index contributed by atoms with van der Waals surface area (Å²) in [6.45, 7) is 15.0. The summed E-state index contributed by atoms with van der Waals surface area (Å²) in [7, 11) is 0. The van der Waals surface area contributed by atoms with Crippen molar-refractivity contribution in [2.75, 3.05) is 19.7 Å². The molecule has 0 bridgehead atoms. The topological polar surface area (TPSA) is 73.2 Å². The van der Waals surface area contributed by atoms with Crippen LogP contribution in [0, 0.1) is 20.8 Å². The van der Waals surface area contributed by atoms with Gasteiger partial charge in [-0.1, -0.05) is 12.1 Å². The van der Waals surface area contributed by atoms with Crippen LogP contribution in [0.25, 0.3) is 0 Å². The third-order valence-electron chi connectivity index (χ3n) is 7.26. The number of benzene rings is 1. The van der Waals surface area contributed by atoms with Crippen LogP contribution < -0.4 is 0 Å². The van der Waals surface area contributed by atoms with Crippen LogP contribution in [0.1, 0.15) is 89.9 Å². The maximum atomic E-state index is 12.4. The van der Waals surface area contributed by atoms with Crippen LogP contribution in [0.2, 0.25) is 0 Å². The first-order chi connectivity index (χ1) is 16.8. The summed E-state index contributed by atoms with van der Waals surface area (Å²) < 4.78 is 12.5. The fourth-order valence-electron chi connectivity index (χ4n) is 5.11. The Hall–Kier alpha value is -2.29. The molecule has 7 nitrogen and oxygen atoms in total. The molecule has 0 spiro atoms. The molecule has 0 saturated carbocycles. The number of hydrogen-bond donors (Lipinski definition) is 0. The molecule has 0 aliphatic carbocycles. The SMILES string of the molecule is CCc1c(C)c(C)c2c(c1C)COC(c1csc(C3CCN(C(=O)CON=C(C)C)CC3)n1)OC2. The van der Waals surface area contributed by atoms with Gasteiger partial charge in [-0.2, -0.15) is 0 Å². The van der Waals surface area contributed by atoms with Gasteiger partial charge in [-0.15, -0.1) is 11.3 Å². The van der Waals surface area contributed by atoms with E-state index in [1.165, 1.54) is 33.4 Å². The number of amides is 1. The summed E-state index contributed by atoms with van der Waals surface area (Å²) in [4.78, 5) is 24.3. The van der Waals surface area contributed by atoms with Crippen LogP contribution in [-0.2, 0) is 38.7 Å². The Morgan fingerprint density at radius 3 is 2.40 bits per heavy atom. The maximum absolute atomic E-state index is 12.4. The highest BCUT2D eigenvalue weighted by molar-refractivity contribution is 7.09. The van der Waals surface area contributed by atoms with Crippen molar-refractivity contribution >= 4 is 23.0 Å². The van der Waals surface area contributed by atoms with Crippen LogP contribution in [0.5, 0.6) is 0 Å². The molecule has 1 amide bonds. The highest BCUT2D eigenvalue weighted by Gasteiger charge is 2.29. The van der Waals surface area contributed by atoms with Crippen molar-refractivity contribution in [1.82, 2.24) is 9.88 Å². The number of ether oxygens (including phenoxy) is 2. The van der Waals surface area contributed by atoms with E-state index < -0.39 is 6.29 Å². The Kier molecular flexibility index (Phi) is 8.24. The first-order valence-corrected chi connectivity index (χ1v) is 13.4. The molecule has 1 saturated heterocycles. The zero-order valence-corrected chi connectivity index (χ0v) is 22.6. The molecule has 8 heteroatoms. The Labute approximate surface area is 212 Å². The van der Waals surface area contributed by atoms with Gasteiger partial charge in [0.05, 0.1) is 23.9 Å². The molecule has 1 fully saturated rings. The average molecular weight is 500 g/mol. The number of likely N-dealkylation sites (tertiary alicyclic amines) is 1. The minimum absolute atomic E-state index is 0.00574. The first kappa shape index (κ1) is 25.8. The second kappa shape index (κ2) is 11.2. The van der Waals surface area contributed by atoms with E-state index in [2.05, 4.69) is 38.2 Å². The average Bonchev–Trinajstić information content (AvgIpc) is 3.22. The summed E-state index contributed by atoms with van der Waals surface area (Å²) in [5, 5.41) is 7.01. The zero-order chi connectivity index (χ0) is 25.1. The molecule has 1 atom stereocenters. The number of hydrogen-bond acceptors (Lipinski definition) is 7. The van der Waals surface area contributed by atoms with Crippen LogP contribution in [0.15, 0.2) is 10.5 Å². The minimum atomic E-state index is -0.460. The zero-order valence-electron chi connectivity index (χ0n) is 21.8. The normalized spacial score (nSPS) is 18.7. The number of oxime groups is 1. The monoisotopic (exact) mass is 499 g/mol. The number of piperidine rings is 1. The van der Waals surface area contributed by atoms with Gasteiger partial charge in [0, 0.05) is 24.4 Å². The lowest BCUT2D eigenvalue weighted by Gasteiger charge is -2.30. The fourth-order valence-corrected chi connectivity index (χ4v) is 6.10. The Balaban J connectivity index is 1.37. The number of fused-ring (bicyclic) bond motifs is 1. The van der Waals surface area contributed by atoms with E-state index in [4.69, 9.17) is 19.3 Å². The summed E-state index contributed by atoms with van der Waals surface area (Å²) in [5.41, 5.74) is 9.61. The molecule has 0 N–H and O–H groups in total. The second-order valence-corrected chi connectivity index (χ2v) is 10.6. The number of carbonyl (C=O) groups is 1. The van der Waals surface area contributed by atoms with E-state index in [0.29, 0.717) is 32.2 Å². The third kappa shape index (κ3) is 5.60. The van der Waals surface area contributed by atoms with Gasteiger partial charge in [-0.05, 0) is 87.3 Å². The molecule has 0 radical (unpaired) electrons. The van der Waals surface area contributed by atoms with Crippen molar-refractivity contribution in [2.45, 2.75) is 86.2 Å². The second-order valence-electron chi connectivity index (χ2n) is 9.70. The van der Waals surface area contributed by atoms with Crippen molar-refractivity contribution < 1.29 is 19.1 Å². The van der Waals surface area contributed by atoms with Gasteiger partial charge in [-0.25, -0.2) is 4.98 Å². The lowest BCUT2D eigenvalue weighted by molar-refractivity contribution is -0.155. The van der Waals surface area contributed by atoms with E-state index >= 15 is 0 Å². The standard InChI is InChI=1S/C27H37N3O4S/c1-7-21-17(4)18(5)22-12-32-27(33-13-23(22)19(21)6)24-15-35-26(28-24)20-8-10-30(11-9-20)25(31)14-34-29-16(2)3/h15,20,27H,7-14H2,1-6H3. The van der Waals surface area contributed by atoms with Crippen molar-refractivity contribution in [2.24, 2.45) is 5.16 Å². The number of nitrogens with zero attached hydrogens (tertiary/aromatic N) is 3. The largest absolute Gasteiger partial charge is 0.386 e. The molecular formula is C27H37N3O4S. The summed E-state index contributed by atoms with van der Waals surface area (Å²) in [5.74, 6) is 0.331. The number of rotatable bonds is 6. The van der Waals surface area contributed by atoms with Crippen molar-refractivity contribution in [3.05, 3.63) is 49.5 Å². The molecule has 1 unspecified atom stereocenters. The van der Waals surface area contributed by atoms with E-state index in [0.717, 1.165) is 35.7 Å². The molecule has 2 aliphatic heterocycles. The van der Waals surface area contributed by atoms with Crippen molar-refractivity contribution in [3.8, 4) is 0 Å². The van der Waals surface area contributed by atoms with Gasteiger partial charge < -0.3 is 19.2 Å². The molecule has 1 aromatic heterocycles. The fraction of sp³-hybridized carbons (Fsp3) is 0.593. The molecular weight excluding hydrogens is 462 g/mol. The molecule has 3 heterocycles. The van der Waals surface area contributed by atoms with Gasteiger partial charge in [0.2, 0.25) is 6.29 Å². The smallest absolute Gasteiger partial charge is 0.263 e. The molecule has 4 rings (SSSR count). The lowest BCUT2D eigenvalue weighted by Crippen LogP contribution is -2.39. The molecule has 190 valence electrons. The summed E-state index contributed by atoms with van der Waals surface area (Å²) in [6, 6.07) is 0. The predicted octanol–water partition coefficient (Wildman–Crippen LogP) is 5.49. The van der Waals surface area contributed by atoms with Crippen molar-refractivity contribution in [1.29, 1.82) is 0 Å². The van der Waals surface area contributed by atoms with Gasteiger partial charge in [-0.3, -0.25) is 4.79 Å². The van der Waals surface area contributed by atoms with E-state index in [1.807, 2.05) is 18.7 Å². The molecule has 2 aliphatic rings. The molecule has 2 aromatic rings. The van der Waals surface area contributed by atoms with E-state index in [-0.39, 0.29) is 12.5 Å². The number of carbonyl (C=O) groups excluding carboxylic acids is 1. The Morgan fingerprint density at radius 1 is 1.11 bits per heavy atom. The molecule has 1 aromatic carbocycles. The summed E-state index contributed by atoms with van der Waals surface area (Å²) >= 11 is 1.66. The van der Waals surface area contributed by atoms with Gasteiger partial charge in [0.25, 0.3) is 5.91 Å². The van der Waals surface area contributed by atoms with E-state index in [1.54, 1.807) is 11.3 Å². The van der Waals surface area contributed by atoms with Crippen LogP contribution >= 0.6 is 11.3 Å². The first-order valence-electron chi connectivity index (χ1n) is 12.5. The van der Waals surface area contributed by atoms with Gasteiger partial charge in [0.15, 0.2) is 6.61 Å². The van der Waals surface area contributed by atoms with E-state index in [9.17, 15) is 4.79 Å². The maximum Gasteiger partial charge on any atom is 0.263 e. The molecule has 35 heavy (non-hydrogen) atoms. The number of aromatic nitrogens is 1. The highest BCUT2D eigenvalue weighted by Crippen LogP contribution is 2.36. The van der Waals surface area contributed by atoms with Gasteiger partial charge >= 0.3 is 0 Å². The lowest BCUT2D eigenvalue weighted by atomic mass is 9.88. The van der Waals surface area contributed by atoms with Crippen molar-refractivity contribution in [3.63, 3.8) is 0 Å². The third-order valence-corrected chi connectivity index (χ3v) is 8.29. The number of thiazole rings is 1. The Morgan fingerprint density at radius 2 is 1.77 bits per heavy atom. The summed E-state index contributed by atoms with van der Waals surface area (Å²) in [6.07, 6.45) is 2.35. The highest BCUT2D eigenvalue weighted by atomic mass is 32.1. The van der Waals surface area contributed by atoms with Crippen LogP contribution in [0.4, 0.5) is 0 Å². The van der Waals surface area contributed by atoms with Crippen LogP contribution in [0.3, 0.4) is 0 Å². The van der Waals surface area contributed by atoms with Crippen LogP contribution in [-0.4, -0.2) is 41.2 Å². The predicted molar refractivity (Wildman–Crippen MR) is 138 cm³/mol. The minimum Gasteiger partial charge on any atom is -0.386 e. The Bertz CT molecular complexity index is 1100.